The number of rotatable bonds is 11. The van der Waals surface area contributed by atoms with Crippen LogP contribution in [0.2, 0.25) is 5.02 Å². The Morgan fingerprint density at radius 2 is 1.55 bits per heavy atom. The van der Waals surface area contributed by atoms with Crippen molar-refractivity contribution in [2.45, 2.75) is 84.3 Å². The number of carbonyl (C=O) groups is 2. The summed E-state index contributed by atoms with van der Waals surface area (Å²) >= 11 is 6.27. The van der Waals surface area contributed by atoms with Crippen molar-refractivity contribution in [2.75, 3.05) is 0 Å². The van der Waals surface area contributed by atoms with Gasteiger partial charge in [0.25, 0.3) is 0 Å². The highest BCUT2D eigenvalue weighted by molar-refractivity contribution is 6.30. The fraction of sp³-hybridized carbons (Fsp3) is 0.394. The van der Waals surface area contributed by atoms with Crippen LogP contribution in [0.5, 0.6) is 0 Å². The molecule has 0 aliphatic heterocycles. The number of hydrogen-bond acceptors (Lipinski definition) is 2. The lowest BCUT2D eigenvalue weighted by atomic mass is 9.86. The molecule has 1 N–H and O–H groups in total. The number of nitrogens with zero attached hydrogens (tertiary/aromatic N) is 1. The van der Waals surface area contributed by atoms with Crippen LogP contribution in [0.1, 0.15) is 69.7 Å². The first-order valence-electron chi connectivity index (χ1n) is 13.5. The summed E-state index contributed by atoms with van der Waals surface area (Å²) < 4.78 is 0. The fourth-order valence-corrected chi connectivity index (χ4v) is 4.61. The van der Waals surface area contributed by atoms with Crippen molar-refractivity contribution in [2.24, 2.45) is 0 Å². The summed E-state index contributed by atoms with van der Waals surface area (Å²) in [6.45, 7) is 10.9. The average Bonchev–Trinajstić information content (AvgIpc) is 2.89. The molecule has 2 amide bonds. The van der Waals surface area contributed by atoms with Crippen LogP contribution in [0.25, 0.3) is 0 Å². The fourth-order valence-electron chi connectivity index (χ4n) is 4.39. The van der Waals surface area contributed by atoms with Gasteiger partial charge in [-0.25, -0.2) is 0 Å². The van der Waals surface area contributed by atoms with Crippen LogP contribution in [0.15, 0.2) is 78.9 Å². The zero-order chi connectivity index (χ0) is 27.7. The van der Waals surface area contributed by atoms with E-state index in [4.69, 9.17) is 11.6 Å². The van der Waals surface area contributed by atoms with E-state index in [0.717, 1.165) is 23.1 Å². The molecular weight excluding hydrogens is 492 g/mol. The van der Waals surface area contributed by atoms with E-state index < -0.39 is 6.04 Å². The van der Waals surface area contributed by atoms with E-state index >= 15 is 0 Å². The number of carbonyl (C=O) groups excluding carboxylic acids is 2. The van der Waals surface area contributed by atoms with Crippen LogP contribution in [0, 0.1) is 0 Å². The van der Waals surface area contributed by atoms with Crippen LogP contribution < -0.4 is 5.32 Å². The molecule has 0 aromatic heterocycles. The summed E-state index contributed by atoms with van der Waals surface area (Å²) in [4.78, 5) is 29.2. The highest BCUT2D eigenvalue weighted by Crippen LogP contribution is 2.23. The number of amides is 2. The summed E-state index contributed by atoms with van der Waals surface area (Å²) in [6, 6.07) is 25.3. The minimum atomic E-state index is -0.638. The molecule has 202 valence electrons. The van der Waals surface area contributed by atoms with Crippen LogP contribution in [0.4, 0.5) is 0 Å². The van der Waals surface area contributed by atoms with E-state index in [0.29, 0.717) is 30.8 Å². The number of nitrogens with one attached hydrogen (secondary N) is 1. The van der Waals surface area contributed by atoms with Crippen LogP contribution in [0.3, 0.4) is 0 Å². The third kappa shape index (κ3) is 8.73. The molecule has 0 aliphatic carbocycles. The lowest BCUT2D eigenvalue weighted by Crippen LogP contribution is -2.52. The highest BCUT2D eigenvalue weighted by Gasteiger charge is 2.30. The molecule has 0 saturated heterocycles. The molecule has 3 aromatic rings. The molecule has 0 spiro atoms. The van der Waals surface area contributed by atoms with Gasteiger partial charge in [-0.3, -0.25) is 9.59 Å². The van der Waals surface area contributed by atoms with E-state index in [1.165, 1.54) is 5.56 Å². The van der Waals surface area contributed by atoms with Crippen molar-refractivity contribution in [3.63, 3.8) is 0 Å². The Hall–Kier alpha value is -3.11. The zero-order valence-corrected chi connectivity index (χ0v) is 24.1. The lowest BCUT2D eigenvalue weighted by Gasteiger charge is -2.32. The summed E-state index contributed by atoms with van der Waals surface area (Å²) in [5, 5.41) is 3.73. The Balaban J connectivity index is 1.89. The first-order chi connectivity index (χ1) is 18.1. The van der Waals surface area contributed by atoms with Crippen molar-refractivity contribution < 1.29 is 9.59 Å². The maximum atomic E-state index is 13.8. The monoisotopic (exact) mass is 532 g/mol. The minimum absolute atomic E-state index is 0.0187. The Kier molecular flexibility index (Phi) is 10.6. The highest BCUT2D eigenvalue weighted by atomic mass is 35.5. The topological polar surface area (TPSA) is 49.4 Å². The van der Waals surface area contributed by atoms with Crippen molar-refractivity contribution in [1.82, 2.24) is 10.2 Å². The number of hydrogen-bond donors (Lipinski definition) is 1. The van der Waals surface area contributed by atoms with Gasteiger partial charge in [0.2, 0.25) is 11.8 Å². The van der Waals surface area contributed by atoms with Crippen molar-refractivity contribution in [3.05, 3.63) is 106 Å². The van der Waals surface area contributed by atoms with E-state index in [9.17, 15) is 9.59 Å². The molecular formula is C33H41ClN2O2. The first kappa shape index (κ1) is 29.4. The van der Waals surface area contributed by atoms with E-state index in [-0.39, 0.29) is 23.3 Å². The predicted octanol–water partition coefficient (Wildman–Crippen LogP) is 7.12. The molecule has 38 heavy (non-hydrogen) atoms. The molecule has 0 saturated carbocycles. The third-order valence-electron chi connectivity index (χ3n) is 6.96. The second-order valence-electron chi connectivity index (χ2n) is 11.1. The Morgan fingerprint density at radius 1 is 0.895 bits per heavy atom. The normalized spacial score (nSPS) is 13.0. The molecule has 0 aliphatic rings. The van der Waals surface area contributed by atoms with E-state index in [1.54, 1.807) is 4.90 Å². The van der Waals surface area contributed by atoms with Gasteiger partial charge in [0, 0.05) is 30.5 Å². The molecule has 0 heterocycles. The van der Waals surface area contributed by atoms with Crippen LogP contribution in [-0.4, -0.2) is 28.8 Å². The molecule has 2 atom stereocenters. The molecule has 5 heteroatoms. The van der Waals surface area contributed by atoms with Crippen molar-refractivity contribution in [1.29, 1.82) is 0 Å². The average molecular weight is 533 g/mol. The zero-order valence-electron chi connectivity index (χ0n) is 23.3. The minimum Gasteiger partial charge on any atom is -0.352 e. The van der Waals surface area contributed by atoms with Gasteiger partial charge in [0.05, 0.1) is 0 Å². The molecule has 3 aromatic carbocycles. The van der Waals surface area contributed by atoms with Crippen LogP contribution in [-0.2, 0) is 34.4 Å². The van der Waals surface area contributed by atoms with Gasteiger partial charge in [-0.05, 0) is 59.6 Å². The van der Waals surface area contributed by atoms with Crippen LogP contribution >= 0.6 is 11.6 Å². The van der Waals surface area contributed by atoms with Gasteiger partial charge in [-0.1, -0.05) is 106 Å². The number of aryl methyl sites for hydroxylation is 1. The summed E-state index contributed by atoms with van der Waals surface area (Å²) in [6.07, 6.45) is 2.18. The first-order valence-corrected chi connectivity index (χ1v) is 13.9. The third-order valence-corrected chi connectivity index (χ3v) is 7.20. The molecule has 3 rings (SSSR count). The van der Waals surface area contributed by atoms with Gasteiger partial charge < -0.3 is 10.2 Å². The molecule has 0 fully saturated rings. The Bertz CT molecular complexity index is 1190. The van der Waals surface area contributed by atoms with E-state index in [1.807, 2.05) is 68.4 Å². The second-order valence-corrected chi connectivity index (χ2v) is 11.6. The van der Waals surface area contributed by atoms with Gasteiger partial charge >= 0.3 is 0 Å². The Morgan fingerprint density at radius 3 is 2.16 bits per heavy atom. The van der Waals surface area contributed by atoms with E-state index in [2.05, 4.69) is 50.4 Å². The summed E-state index contributed by atoms with van der Waals surface area (Å²) in [7, 11) is 0. The molecule has 0 bridgehead atoms. The summed E-state index contributed by atoms with van der Waals surface area (Å²) in [5.74, 6) is -0.182. The predicted molar refractivity (Wildman–Crippen MR) is 157 cm³/mol. The van der Waals surface area contributed by atoms with Crippen molar-refractivity contribution >= 4 is 23.4 Å². The van der Waals surface area contributed by atoms with Gasteiger partial charge in [0.15, 0.2) is 0 Å². The standard InChI is InChI=1S/C33H41ClN2O2/c1-6-24(2)35-32(38)30(22-26-11-8-7-9-12-26)36(23-27-13-10-14-29(34)21-27)31(37)20-17-25-15-18-28(19-16-25)33(3,4)5/h7-16,18-19,21,24,30H,6,17,20,22-23H2,1-5H3,(H,35,38)/t24-,30-/m0/s1. The smallest absolute Gasteiger partial charge is 0.243 e. The molecule has 4 nitrogen and oxygen atoms in total. The number of benzene rings is 3. The Labute approximate surface area is 233 Å². The molecule has 0 unspecified atom stereocenters. The van der Waals surface area contributed by atoms with Gasteiger partial charge in [-0.15, -0.1) is 0 Å². The number of halogens is 1. The second kappa shape index (κ2) is 13.6. The molecule has 0 radical (unpaired) electrons. The maximum absolute atomic E-state index is 13.8. The SMILES string of the molecule is CC[C@H](C)NC(=O)[C@H](Cc1ccccc1)N(Cc1cccc(Cl)c1)C(=O)CCc1ccc(C(C)(C)C)cc1. The maximum Gasteiger partial charge on any atom is 0.243 e. The summed E-state index contributed by atoms with van der Waals surface area (Å²) in [5.41, 5.74) is 4.36. The van der Waals surface area contributed by atoms with Gasteiger partial charge in [-0.2, -0.15) is 0 Å². The quantitative estimate of drug-likeness (QED) is 0.285. The van der Waals surface area contributed by atoms with Gasteiger partial charge in [0.1, 0.15) is 6.04 Å². The largest absolute Gasteiger partial charge is 0.352 e. The van der Waals surface area contributed by atoms with Crippen molar-refractivity contribution in [3.8, 4) is 0 Å². The lowest BCUT2D eigenvalue weighted by molar-refractivity contribution is -0.141.